The SMILES string of the molecule is CCNC(=O)N1CC[C@@]2(CCn3nc(-c4cnc(N)c(O[C@H](C)c5ccccn5)c4)cc32)C1. The van der Waals surface area contributed by atoms with E-state index in [9.17, 15) is 4.79 Å². The van der Waals surface area contributed by atoms with E-state index in [1.807, 2.05) is 43.0 Å². The van der Waals surface area contributed by atoms with Gasteiger partial charge in [0.15, 0.2) is 11.6 Å². The molecule has 2 atom stereocenters. The van der Waals surface area contributed by atoms with E-state index in [0.29, 0.717) is 18.1 Å². The van der Waals surface area contributed by atoms with E-state index in [1.165, 1.54) is 5.69 Å². The third kappa shape index (κ3) is 3.88. The number of nitrogens with one attached hydrogen (secondary N) is 1. The van der Waals surface area contributed by atoms with Crippen molar-refractivity contribution in [2.24, 2.45) is 0 Å². The first kappa shape index (κ1) is 21.2. The lowest BCUT2D eigenvalue weighted by Gasteiger charge is -2.23. The smallest absolute Gasteiger partial charge is 0.317 e. The molecule has 9 nitrogen and oxygen atoms in total. The summed E-state index contributed by atoms with van der Waals surface area (Å²) in [4.78, 5) is 23.0. The summed E-state index contributed by atoms with van der Waals surface area (Å²) < 4.78 is 8.17. The molecule has 2 amide bonds. The summed E-state index contributed by atoms with van der Waals surface area (Å²) >= 11 is 0. The first-order valence-electron chi connectivity index (χ1n) is 11.4. The number of likely N-dealkylation sites (tertiary alicyclic amines) is 1. The number of fused-ring (bicyclic) bond motifs is 2. The van der Waals surface area contributed by atoms with Gasteiger partial charge in [-0.3, -0.25) is 9.67 Å². The number of ether oxygens (including phenoxy) is 1. The van der Waals surface area contributed by atoms with E-state index in [1.54, 1.807) is 12.4 Å². The molecule has 1 fully saturated rings. The first-order chi connectivity index (χ1) is 16.0. The molecule has 0 radical (unpaired) electrons. The van der Waals surface area contributed by atoms with E-state index in [-0.39, 0.29) is 17.6 Å². The first-order valence-corrected chi connectivity index (χ1v) is 11.4. The van der Waals surface area contributed by atoms with Crippen molar-refractivity contribution in [3.05, 3.63) is 54.1 Å². The highest BCUT2D eigenvalue weighted by molar-refractivity contribution is 5.75. The van der Waals surface area contributed by atoms with Crippen LogP contribution < -0.4 is 15.8 Å². The standard InChI is InChI=1S/C24H29N7O2/c1-3-26-23(32)30-10-7-24(15-30)8-11-31-21(24)13-19(29-31)17-12-20(22(25)28-14-17)33-16(2)18-6-4-5-9-27-18/h4-6,9,12-14,16H,3,7-8,10-11,15H2,1-2H3,(H2,25,28)(H,26,32)/t16-,24-/m1/s1. The average molecular weight is 448 g/mol. The van der Waals surface area contributed by atoms with Crippen LogP contribution in [0.1, 0.15) is 44.2 Å². The number of aryl methyl sites for hydroxylation is 1. The summed E-state index contributed by atoms with van der Waals surface area (Å²) in [5, 5.41) is 7.76. The van der Waals surface area contributed by atoms with E-state index in [4.69, 9.17) is 15.6 Å². The number of amides is 2. The normalized spacial score (nSPS) is 20.1. The number of nitrogens with zero attached hydrogens (tertiary/aromatic N) is 5. The number of hydrogen-bond donors (Lipinski definition) is 2. The second kappa shape index (κ2) is 8.38. The van der Waals surface area contributed by atoms with Crippen LogP contribution >= 0.6 is 0 Å². The molecule has 1 spiro atoms. The van der Waals surface area contributed by atoms with Crippen molar-refractivity contribution in [2.75, 3.05) is 25.4 Å². The van der Waals surface area contributed by atoms with Gasteiger partial charge in [0.2, 0.25) is 0 Å². The van der Waals surface area contributed by atoms with Crippen molar-refractivity contribution in [3.63, 3.8) is 0 Å². The lowest BCUT2D eigenvalue weighted by atomic mass is 9.82. The highest BCUT2D eigenvalue weighted by atomic mass is 16.5. The molecule has 33 heavy (non-hydrogen) atoms. The number of carbonyl (C=O) groups is 1. The third-order valence-electron chi connectivity index (χ3n) is 6.68. The highest BCUT2D eigenvalue weighted by Gasteiger charge is 2.46. The van der Waals surface area contributed by atoms with Gasteiger partial charge in [-0.05, 0) is 51.0 Å². The fourth-order valence-electron chi connectivity index (χ4n) is 4.88. The summed E-state index contributed by atoms with van der Waals surface area (Å²) in [7, 11) is 0. The van der Waals surface area contributed by atoms with Crippen LogP contribution in [-0.2, 0) is 12.0 Å². The largest absolute Gasteiger partial charge is 0.481 e. The Balaban J connectivity index is 1.38. The quantitative estimate of drug-likeness (QED) is 0.622. The molecule has 0 saturated carbocycles. The Morgan fingerprint density at radius 2 is 2.12 bits per heavy atom. The number of carbonyl (C=O) groups excluding carboxylic acids is 1. The summed E-state index contributed by atoms with van der Waals surface area (Å²) in [6.07, 6.45) is 5.16. The second-order valence-corrected chi connectivity index (χ2v) is 8.80. The second-order valence-electron chi connectivity index (χ2n) is 8.80. The van der Waals surface area contributed by atoms with E-state index in [2.05, 4.69) is 26.0 Å². The lowest BCUT2D eigenvalue weighted by molar-refractivity contribution is 0.206. The highest BCUT2D eigenvalue weighted by Crippen LogP contribution is 2.44. The van der Waals surface area contributed by atoms with Crippen LogP contribution in [0.15, 0.2) is 42.7 Å². The number of rotatable bonds is 5. The summed E-state index contributed by atoms with van der Waals surface area (Å²) in [6.45, 7) is 6.85. The molecule has 1 saturated heterocycles. The van der Waals surface area contributed by atoms with Crippen LogP contribution in [0.4, 0.5) is 10.6 Å². The fourth-order valence-corrected chi connectivity index (χ4v) is 4.88. The van der Waals surface area contributed by atoms with Gasteiger partial charge in [-0.2, -0.15) is 5.10 Å². The van der Waals surface area contributed by atoms with Crippen LogP contribution in [-0.4, -0.2) is 50.3 Å². The Morgan fingerprint density at radius 3 is 2.91 bits per heavy atom. The van der Waals surface area contributed by atoms with Gasteiger partial charge in [-0.25, -0.2) is 9.78 Å². The Labute approximate surface area is 193 Å². The number of nitrogen functional groups attached to an aromatic ring is 1. The van der Waals surface area contributed by atoms with Gasteiger partial charge in [-0.15, -0.1) is 0 Å². The Morgan fingerprint density at radius 1 is 1.27 bits per heavy atom. The predicted octanol–water partition coefficient (Wildman–Crippen LogP) is 3.14. The Kier molecular flexibility index (Phi) is 5.39. The number of pyridine rings is 2. The molecule has 0 unspecified atom stereocenters. The van der Waals surface area contributed by atoms with Gasteiger partial charge in [0.1, 0.15) is 6.10 Å². The summed E-state index contributed by atoms with van der Waals surface area (Å²) in [5.74, 6) is 0.843. The molecule has 172 valence electrons. The van der Waals surface area contributed by atoms with Crippen LogP contribution in [0.2, 0.25) is 0 Å². The molecule has 3 N–H and O–H groups in total. The van der Waals surface area contributed by atoms with E-state index in [0.717, 1.165) is 49.4 Å². The molecule has 2 aliphatic rings. The van der Waals surface area contributed by atoms with Crippen molar-refractivity contribution in [1.82, 2.24) is 30.0 Å². The van der Waals surface area contributed by atoms with Crippen molar-refractivity contribution >= 4 is 11.8 Å². The van der Waals surface area contributed by atoms with Crippen molar-refractivity contribution in [2.45, 2.75) is 44.8 Å². The Hall–Kier alpha value is -3.62. The number of anilines is 1. The van der Waals surface area contributed by atoms with Crippen LogP contribution in [0.3, 0.4) is 0 Å². The molecule has 3 aromatic rings. The van der Waals surface area contributed by atoms with Crippen LogP contribution in [0.25, 0.3) is 11.3 Å². The molecule has 0 bridgehead atoms. The van der Waals surface area contributed by atoms with E-state index < -0.39 is 0 Å². The molecule has 2 aliphatic heterocycles. The zero-order chi connectivity index (χ0) is 23.0. The molecular weight excluding hydrogens is 418 g/mol. The topological polar surface area (TPSA) is 111 Å². The van der Waals surface area contributed by atoms with Gasteiger partial charge >= 0.3 is 6.03 Å². The van der Waals surface area contributed by atoms with Crippen molar-refractivity contribution in [3.8, 4) is 17.0 Å². The maximum atomic E-state index is 12.3. The molecule has 0 aliphatic carbocycles. The molecule has 0 aromatic carbocycles. The average Bonchev–Trinajstić information content (AvgIpc) is 3.53. The van der Waals surface area contributed by atoms with Crippen molar-refractivity contribution in [1.29, 1.82) is 0 Å². The zero-order valence-electron chi connectivity index (χ0n) is 19.0. The maximum Gasteiger partial charge on any atom is 0.317 e. The van der Waals surface area contributed by atoms with Gasteiger partial charge in [0.25, 0.3) is 0 Å². The van der Waals surface area contributed by atoms with E-state index >= 15 is 0 Å². The molecule has 5 rings (SSSR count). The molecule has 3 aromatic heterocycles. The van der Waals surface area contributed by atoms with Crippen LogP contribution in [0, 0.1) is 0 Å². The minimum Gasteiger partial charge on any atom is -0.481 e. The predicted molar refractivity (Wildman–Crippen MR) is 125 cm³/mol. The monoisotopic (exact) mass is 447 g/mol. The number of nitrogens with two attached hydrogens (primary N) is 1. The number of aromatic nitrogens is 4. The minimum atomic E-state index is -0.264. The summed E-state index contributed by atoms with van der Waals surface area (Å²) in [6, 6.07) is 9.76. The lowest BCUT2D eigenvalue weighted by Crippen LogP contribution is -2.40. The third-order valence-corrected chi connectivity index (χ3v) is 6.68. The van der Waals surface area contributed by atoms with Gasteiger partial charge in [0, 0.05) is 55.2 Å². The van der Waals surface area contributed by atoms with Crippen molar-refractivity contribution < 1.29 is 9.53 Å². The number of urea groups is 1. The molecular formula is C24H29N7O2. The van der Waals surface area contributed by atoms with Gasteiger partial charge in [-0.1, -0.05) is 6.07 Å². The minimum absolute atomic E-state index is 0.0131. The molecule has 5 heterocycles. The van der Waals surface area contributed by atoms with Gasteiger partial charge < -0.3 is 20.7 Å². The fraction of sp³-hybridized carbons (Fsp3) is 0.417. The summed E-state index contributed by atoms with van der Waals surface area (Å²) in [5.41, 5.74) is 9.76. The Bertz CT molecular complexity index is 1160. The van der Waals surface area contributed by atoms with Gasteiger partial charge in [0.05, 0.1) is 11.4 Å². The molecule has 9 heteroatoms. The van der Waals surface area contributed by atoms with Crippen LogP contribution in [0.5, 0.6) is 5.75 Å². The zero-order valence-corrected chi connectivity index (χ0v) is 19.0. The number of hydrogen-bond acceptors (Lipinski definition) is 6. The maximum absolute atomic E-state index is 12.3.